The first kappa shape index (κ1) is 16.7. The minimum atomic E-state index is -0.670. The van der Waals surface area contributed by atoms with E-state index >= 15 is 0 Å². The molecule has 0 saturated heterocycles. The van der Waals surface area contributed by atoms with Crippen LogP contribution < -0.4 is 0 Å². The maximum absolute atomic E-state index is 10.0. The Balaban J connectivity index is 0.000000327. The number of benzene rings is 1. The van der Waals surface area contributed by atoms with Crippen molar-refractivity contribution in [3.8, 4) is 0 Å². The van der Waals surface area contributed by atoms with E-state index in [1.54, 1.807) is 0 Å². The second kappa shape index (κ2) is 10.8. The fourth-order valence-electron chi connectivity index (χ4n) is 1.52. The highest BCUT2D eigenvalue weighted by atomic mass is 16.4. The lowest BCUT2D eigenvalue weighted by Gasteiger charge is -1.95. The zero-order valence-electron chi connectivity index (χ0n) is 11.9. The van der Waals surface area contributed by atoms with Crippen molar-refractivity contribution in [2.75, 3.05) is 0 Å². The Hall–Kier alpha value is -1.31. The first-order valence-corrected chi connectivity index (χ1v) is 6.81. The number of rotatable bonds is 6. The quantitative estimate of drug-likeness (QED) is 0.741. The highest BCUT2D eigenvalue weighted by Gasteiger charge is 1.94. The molecule has 2 heteroatoms. The third kappa shape index (κ3) is 11.2. The van der Waals surface area contributed by atoms with E-state index in [9.17, 15) is 4.79 Å². The van der Waals surface area contributed by atoms with E-state index in [0.717, 1.165) is 12.8 Å². The second-order valence-corrected chi connectivity index (χ2v) is 4.71. The van der Waals surface area contributed by atoms with Gasteiger partial charge in [0.1, 0.15) is 0 Å². The summed E-state index contributed by atoms with van der Waals surface area (Å²) in [6, 6.07) is 8.48. The molecular formula is C16H26O2. The normalized spacial score (nSPS) is 9.50. The Bertz CT molecular complexity index is 293. The van der Waals surface area contributed by atoms with Gasteiger partial charge in [-0.15, -0.1) is 0 Å². The Kier molecular flexibility index (Phi) is 10.0. The van der Waals surface area contributed by atoms with E-state index in [1.807, 2.05) is 0 Å². The van der Waals surface area contributed by atoms with Crippen LogP contribution in [-0.2, 0) is 4.79 Å². The molecule has 1 aromatic carbocycles. The maximum Gasteiger partial charge on any atom is 0.303 e. The fraction of sp³-hybridized carbons (Fsp3) is 0.562. The van der Waals surface area contributed by atoms with E-state index in [0.29, 0.717) is 6.42 Å². The number of carboxylic acid groups (broad SMARTS) is 1. The molecule has 0 atom stereocenters. The number of aliphatic carboxylic acids is 1. The molecule has 0 heterocycles. The van der Waals surface area contributed by atoms with E-state index < -0.39 is 5.97 Å². The predicted octanol–water partition coefficient (Wildman–Crippen LogP) is 4.73. The van der Waals surface area contributed by atoms with E-state index in [4.69, 9.17) is 5.11 Å². The summed E-state index contributed by atoms with van der Waals surface area (Å²) in [4.78, 5) is 10.0. The van der Waals surface area contributed by atoms with E-state index in [1.165, 1.54) is 30.4 Å². The molecule has 0 amide bonds. The van der Waals surface area contributed by atoms with Crippen LogP contribution in [0.15, 0.2) is 24.3 Å². The molecule has 1 N–H and O–H groups in total. The van der Waals surface area contributed by atoms with Crippen LogP contribution in [0.1, 0.15) is 56.6 Å². The van der Waals surface area contributed by atoms with Gasteiger partial charge in [-0.05, 0) is 20.3 Å². The van der Waals surface area contributed by atoms with Gasteiger partial charge in [-0.3, -0.25) is 4.79 Å². The van der Waals surface area contributed by atoms with Crippen LogP contribution in [-0.4, -0.2) is 11.1 Å². The molecule has 0 aliphatic carbocycles. The summed E-state index contributed by atoms with van der Waals surface area (Å²) in [5.74, 6) is -0.670. The Morgan fingerprint density at radius 1 is 0.944 bits per heavy atom. The van der Waals surface area contributed by atoms with E-state index in [2.05, 4.69) is 45.0 Å². The van der Waals surface area contributed by atoms with Gasteiger partial charge in [0.2, 0.25) is 0 Å². The molecule has 0 aliphatic rings. The molecule has 0 saturated carbocycles. The molecule has 2 nitrogen and oxygen atoms in total. The summed E-state index contributed by atoms with van der Waals surface area (Å²) < 4.78 is 0. The largest absolute Gasteiger partial charge is 0.481 e. The van der Waals surface area contributed by atoms with Crippen molar-refractivity contribution in [3.05, 3.63) is 35.4 Å². The minimum Gasteiger partial charge on any atom is -0.481 e. The van der Waals surface area contributed by atoms with Crippen molar-refractivity contribution in [2.24, 2.45) is 0 Å². The molecule has 0 unspecified atom stereocenters. The van der Waals surface area contributed by atoms with Gasteiger partial charge in [-0.25, -0.2) is 0 Å². The molecular weight excluding hydrogens is 224 g/mol. The van der Waals surface area contributed by atoms with Gasteiger partial charge in [0, 0.05) is 6.42 Å². The SMILES string of the molecule is CCCCCCCC(=O)O.Cc1ccc(C)cc1. The lowest BCUT2D eigenvalue weighted by atomic mass is 10.1. The fourth-order valence-corrected chi connectivity index (χ4v) is 1.52. The summed E-state index contributed by atoms with van der Waals surface area (Å²) in [5.41, 5.74) is 2.66. The zero-order valence-corrected chi connectivity index (χ0v) is 11.9. The summed E-state index contributed by atoms with van der Waals surface area (Å²) in [6.45, 7) is 6.34. The van der Waals surface area contributed by atoms with Crippen molar-refractivity contribution < 1.29 is 9.90 Å². The summed E-state index contributed by atoms with van der Waals surface area (Å²) in [7, 11) is 0. The van der Waals surface area contributed by atoms with Crippen molar-refractivity contribution >= 4 is 5.97 Å². The van der Waals surface area contributed by atoms with Crippen molar-refractivity contribution in [1.29, 1.82) is 0 Å². The monoisotopic (exact) mass is 250 g/mol. The highest BCUT2D eigenvalue weighted by Crippen LogP contribution is 2.04. The molecule has 102 valence electrons. The Morgan fingerprint density at radius 3 is 1.78 bits per heavy atom. The first-order valence-electron chi connectivity index (χ1n) is 6.81. The number of aryl methyl sites for hydroxylation is 2. The van der Waals surface area contributed by atoms with Crippen molar-refractivity contribution in [2.45, 2.75) is 59.3 Å². The topological polar surface area (TPSA) is 37.3 Å². The lowest BCUT2D eigenvalue weighted by molar-refractivity contribution is -0.137. The number of carboxylic acids is 1. The van der Waals surface area contributed by atoms with Crippen molar-refractivity contribution in [3.63, 3.8) is 0 Å². The zero-order chi connectivity index (χ0) is 13.8. The lowest BCUT2D eigenvalue weighted by Crippen LogP contribution is -1.93. The van der Waals surface area contributed by atoms with Gasteiger partial charge in [0.25, 0.3) is 0 Å². The van der Waals surface area contributed by atoms with Crippen LogP contribution >= 0.6 is 0 Å². The van der Waals surface area contributed by atoms with Crippen LogP contribution in [0.4, 0.5) is 0 Å². The third-order valence-electron chi connectivity index (χ3n) is 2.71. The first-order chi connectivity index (χ1) is 8.56. The molecule has 0 fully saturated rings. The van der Waals surface area contributed by atoms with Crippen molar-refractivity contribution in [1.82, 2.24) is 0 Å². The van der Waals surface area contributed by atoms with Crippen LogP contribution in [0.3, 0.4) is 0 Å². The molecule has 18 heavy (non-hydrogen) atoms. The molecule has 0 bridgehead atoms. The maximum atomic E-state index is 10.0. The van der Waals surface area contributed by atoms with Gasteiger partial charge in [-0.2, -0.15) is 0 Å². The Morgan fingerprint density at radius 2 is 1.39 bits per heavy atom. The molecule has 0 radical (unpaired) electrons. The molecule has 0 aromatic heterocycles. The number of hydrogen-bond donors (Lipinski definition) is 1. The molecule has 0 spiro atoms. The average Bonchev–Trinajstić information content (AvgIpc) is 2.33. The molecule has 1 aromatic rings. The third-order valence-corrected chi connectivity index (χ3v) is 2.71. The van der Waals surface area contributed by atoms with Crippen LogP contribution in [0.25, 0.3) is 0 Å². The molecule has 0 aliphatic heterocycles. The standard InChI is InChI=1S/C8H16O2.C8H10/c1-2-3-4-5-6-7-8(9)10;1-7-3-5-8(2)6-4-7/h2-7H2,1H3,(H,9,10);3-6H,1-2H3. The smallest absolute Gasteiger partial charge is 0.303 e. The second-order valence-electron chi connectivity index (χ2n) is 4.71. The van der Waals surface area contributed by atoms with E-state index in [-0.39, 0.29) is 0 Å². The van der Waals surface area contributed by atoms with Gasteiger partial charge in [-0.1, -0.05) is 68.0 Å². The van der Waals surface area contributed by atoms with Crippen LogP contribution in [0, 0.1) is 13.8 Å². The predicted molar refractivity (Wildman–Crippen MR) is 76.9 cm³/mol. The summed E-state index contributed by atoms with van der Waals surface area (Å²) in [5, 5.41) is 8.27. The number of unbranched alkanes of at least 4 members (excludes halogenated alkanes) is 4. The summed E-state index contributed by atoms with van der Waals surface area (Å²) in [6.07, 6.45) is 5.88. The molecule has 1 rings (SSSR count). The highest BCUT2D eigenvalue weighted by molar-refractivity contribution is 5.66. The number of carbonyl (C=O) groups is 1. The Labute approximate surface area is 111 Å². The van der Waals surface area contributed by atoms with Gasteiger partial charge >= 0.3 is 5.97 Å². The van der Waals surface area contributed by atoms with Gasteiger partial charge in [0.15, 0.2) is 0 Å². The average molecular weight is 250 g/mol. The minimum absolute atomic E-state index is 0.337. The van der Waals surface area contributed by atoms with Gasteiger partial charge in [0.05, 0.1) is 0 Å². The van der Waals surface area contributed by atoms with Gasteiger partial charge < -0.3 is 5.11 Å². The summed E-state index contributed by atoms with van der Waals surface area (Å²) >= 11 is 0. The number of hydrogen-bond acceptors (Lipinski definition) is 1. The van der Waals surface area contributed by atoms with Crippen LogP contribution in [0.5, 0.6) is 0 Å². The van der Waals surface area contributed by atoms with Crippen LogP contribution in [0.2, 0.25) is 0 Å².